The van der Waals surface area contributed by atoms with E-state index < -0.39 is 0 Å². The minimum atomic E-state index is 0.502. The number of halogens is 1. The summed E-state index contributed by atoms with van der Waals surface area (Å²) in [6.07, 6.45) is 10.0. The molecule has 1 fully saturated rings. The predicted octanol–water partition coefficient (Wildman–Crippen LogP) is 4.62. The maximum Gasteiger partial charge on any atom is 0.116 e. The lowest BCUT2D eigenvalue weighted by Gasteiger charge is -2.29. The van der Waals surface area contributed by atoms with Crippen LogP contribution in [0.2, 0.25) is 0 Å². The van der Waals surface area contributed by atoms with Crippen molar-refractivity contribution >= 4 is 21.6 Å². The average Bonchev–Trinajstić information content (AvgIpc) is 2.97. The molecule has 0 radical (unpaired) electrons. The van der Waals surface area contributed by atoms with Crippen molar-refractivity contribution in [3.8, 4) is 5.69 Å². The molecule has 0 aliphatic heterocycles. The summed E-state index contributed by atoms with van der Waals surface area (Å²) >= 11 is 3.43. The first-order chi connectivity index (χ1) is 10.2. The Balaban J connectivity index is 2.03. The van der Waals surface area contributed by atoms with Crippen LogP contribution in [0.3, 0.4) is 0 Å². The van der Waals surface area contributed by atoms with Crippen molar-refractivity contribution in [3.63, 3.8) is 0 Å². The molecule has 4 nitrogen and oxygen atoms in total. The molecule has 0 amide bonds. The second-order valence-corrected chi connectivity index (χ2v) is 6.54. The number of rotatable bonds is 3. The molecule has 1 aromatic carbocycles. The third kappa shape index (κ3) is 2.99. The van der Waals surface area contributed by atoms with Gasteiger partial charge in [-0.2, -0.15) is 0 Å². The summed E-state index contributed by atoms with van der Waals surface area (Å²) in [6, 6.07) is 5.79. The van der Waals surface area contributed by atoms with E-state index in [1.54, 1.807) is 0 Å². The topological polar surface area (TPSA) is 44.1 Å². The van der Waals surface area contributed by atoms with Crippen LogP contribution in [0.5, 0.6) is 0 Å². The Kier molecular flexibility index (Phi) is 4.31. The first kappa shape index (κ1) is 14.6. The molecule has 0 atom stereocenters. The number of benzene rings is 1. The van der Waals surface area contributed by atoms with Crippen LogP contribution in [0.4, 0.5) is 5.69 Å². The number of hydroxylamine groups is 1. The summed E-state index contributed by atoms with van der Waals surface area (Å²) in [5.74, 6) is 1.59. The van der Waals surface area contributed by atoms with Crippen molar-refractivity contribution in [2.45, 2.75) is 38.0 Å². The lowest BCUT2D eigenvalue weighted by atomic mass is 9.88. The van der Waals surface area contributed by atoms with E-state index in [0.717, 1.165) is 21.0 Å². The van der Waals surface area contributed by atoms with Gasteiger partial charge in [0.1, 0.15) is 5.82 Å². The summed E-state index contributed by atoms with van der Waals surface area (Å²) in [5.41, 5.74) is 1.55. The Hall–Kier alpha value is -1.33. The van der Waals surface area contributed by atoms with E-state index in [9.17, 15) is 5.21 Å². The fraction of sp³-hybridized carbons (Fsp3) is 0.438. The van der Waals surface area contributed by atoms with Crippen LogP contribution in [0.25, 0.3) is 5.69 Å². The van der Waals surface area contributed by atoms with Gasteiger partial charge in [-0.05, 0) is 38.1 Å². The van der Waals surface area contributed by atoms with E-state index in [0.29, 0.717) is 11.6 Å². The largest absolute Gasteiger partial charge is 0.758 e. The molecular weight excluding hydrogens is 330 g/mol. The minimum Gasteiger partial charge on any atom is -0.758 e. The van der Waals surface area contributed by atoms with Crippen LogP contribution in [-0.4, -0.2) is 16.6 Å². The van der Waals surface area contributed by atoms with Gasteiger partial charge >= 0.3 is 0 Å². The summed E-state index contributed by atoms with van der Waals surface area (Å²) in [6.45, 7) is 0. The molecule has 112 valence electrons. The molecule has 0 saturated heterocycles. The summed E-state index contributed by atoms with van der Waals surface area (Å²) in [5, 5.41) is 12.8. The lowest BCUT2D eigenvalue weighted by molar-refractivity contribution is 0.425. The SMILES string of the molecule is CN([O-])c1cc(Br)ccc1-n1ccnc1C1CCCCC1. The molecule has 2 aromatic rings. The van der Waals surface area contributed by atoms with Crippen molar-refractivity contribution in [3.05, 3.63) is 46.1 Å². The smallest absolute Gasteiger partial charge is 0.116 e. The number of anilines is 1. The number of nitrogens with zero attached hydrogens (tertiary/aromatic N) is 3. The molecule has 0 unspecified atom stereocenters. The third-order valence-electron chi connectivity index (χ3n) is 4.18. The molecule has 0 spiro atoms. The van der Waals surface area contributed by atoms with Gasteiger partial charge in [-0.25, -0.2) is 4.98 Å². The Morgan fingerprint density at radius 2 is 2.05 bits per heavy atom. The van der Waals surface area contributed by atoms with E-state index in [1.165, 1.54) is 39.2 Å². The summed E-state index contributed by atoms with van der Waals surface area (Å²) < 4.78 is 2.98. The Labute approximate surface area is 133 Å². The Morgan fingerprint density at radius 1 is 1.29 bits per heavy atom. The maximum atomic E-state index is 11.9. The first-order valence-corrected chi connectivity index (χ1v) is 8.20. The van der Waals surface area contributed by atoms with Gasteiger partial charge in [-0.15, -0.1) is 0 Å². The highest BCUT2D eigenvalue weighted by molar-refractivity contribution is 9.10. The Morgan fingerprint density at radius 3 is 2.76 bits per heavy atom. The van der Waals surface area contributed by atoms with Crippen LogP contribution >= 0.6 is 15.9 Å². The molecule has 1 heterocycles. The van der Waals surface area contributed by atoms with E-state index in [4.69, 9.17) is 0 Å². The standard InChI is InChI=1S/C16H19BrN3O/c1-19(21)15-11-13(17)7-8-14(15)20-10-9-18-16(20)12-5-3-2-4-6-12/h7-12H,2-6H2,1H3/q-1. The summed E-state index contributed by atoms with van der Waals surface area (Å²) in [7, 11) is 1.53. The predicted molar refractivity (Wildman–Crippen MR) is 88.9 cm³/mol. The Bertz CT molecular complexity index is 618. The number of hydrogen-bond acceptors (Lipinski definition) is 3. The molecule has 0 bridgehead atoms. The van der Waals surface area contributed by atoms with Crippen LogP contribution in [0.15, 0.2) is 35.1 Å². The van der Waals surface area contributed by atoms with Gasteiger partial charge in [-0.3, -0.25) is 0 Å². The van der Waals surface area contributed by atoms with Crippen LogP contribution in [0.1, 0.15) is 43.8 Å². The third-order valence-corrected chi connectivity index (χ3v) is 4.67. The first-order valence-electron chi connectivity index (χ1n) is 7.41. The second kappa shape index (κ2) is 6.20. The highest BCUT2D eigenvalue weighted by Gasteiger charge is 2.21. The zero-order valence-corrected chi connectivity index (χ0v) is 13.7. The van der Waals surface area contributed by atoms with Crippen LogP contribution < -0.4 is 5.06 Å². The van der Waals surface area contributed by atoms with E-state index in [1.807, 2.05) is 30.6 Å². The molecule has 1 aliphatic rings. The monoisotopic (exact) mass is 348 g/mol. The summed E-state index contributed by atoms with van der Waals surface area (Å²) in [4.78, 5) is 4.57. The van der Waals surface area contributed by atoms with Crippen molar-refractivity contribution in [1.29, 1.82) is 0 Å². The molecule has 1 aliphatic carbocycles. The molecule has 0 N–H and O–H groups in total. The number of aromatic nitrogens is 2. The van der Waals surface area contributed by atoms with Crippen molar-refractivity contribution < 1.29 is 0 Å². The zero-order valence-electron chi connectivity index (χ0n) is 12.1. The normalized spacial score (nSPS) is 16.1. The molecule has 1 aromatic heterocycles. The molecular formula is C16H19BrN3O-. The molecule has 21 heavy (non-hydrogen) atoms. The van der Waals surface area contributed by atoms with E-state index in [-0.39, 0.29) is 0 Å². The van der Waals surface area contributed by atoms with Crippen molar-refractivity contribution in [2.24, 2.45) is 0 Å². The number of hydrogen-bond donors (Lipinski definition) is 0. The fourth-order valence-corrected chi connectivity index (χ4v) is 3.48. The zero-order chi connectivity index (χ0) is 14.8. The van der Waals surface area contributed by atoms with Gasteiger partial charge in [0, 0.05) is 22.8 Å². The number of imidazole rings is 1. The van der Waals surface area contributed by atoms with Crippen molar-refractivity contribution in [2.75, 3.05) is 12.1 Å². The average molecular weight is 349 g/mol. The molecule has 5 heteroatoms. The molecule has 3 rings (SSSR count). The van der Waals surface area contributed by atoms with Gasteiger partial charge in [0.05, 0.1) is 11.4 Å². The van der Waals surface area contributed by atoms with Crippen molar-refractivity contribution in [1.82, 2.24) is 9.55 Å². The van der Waals surface area contributed by atoms with Crippen LogP contribution in [-0.2, 0) is 0 Å². The maximum absolute atomic E-state index is 11.9. The van der Waals surface area contributed by atoms with Gasteiger partial charge < -0.3 is 14.8 Å². The van der Waals surface area contributed by atoms with Crippen LogP contribution in [0, 0.1) is 5.21 Å². The minimum absolute atomic E-state index is 0.502. The highest BCUT2D eigenvalue weighted by Crippen LogP contribution is 2.35. The molecule has 1 saturated carbocycles. The van der Waals surface area contributed by atoms with Gasteiger partial charge in [0.15, 0.2) is 0 Å². The quantitative estimate of drug-likeness (QED) is 0.760. The van der Waals surface area contributed by atoms with E-state index >= 15 is 0 Å². The van der Waals surface area contributed by atoms with Gasteiger partial charge in [-0.1, -0.05) is 35.2 Å². The van der Waals surface area contributed by atoms with E-state index in [2.05, 4.69) is 25.5 Å². The highest BCUT2D eigenvalue weighted by atomic mass is 79.9. The fourth-order valence-electron chi connectivity index (χ4n) is 3.13. The van der Waals surface area contributed by atoms with Gasteiger partial charge in [0.25, 0.3) is 0 Å². The second-order valence-electron chi connectivity index (χ2n) is 5.62. The van der Waals surface area contributed by atoms with Gasteiger partial charge in [0.2, 0.25) is 0 Å². The lowest BCUT2D eigenvalue weighted by Crippen LogP contribution is -2.14.